The Morgan fingerprint density at radius 3 is 2.20 bits per heavy atom. The molecule has 2 nitrogen and oxygen atoms in total. The smallest absolute Gasteiger partial charge is 0.382 e. The van der Waals surface area contributed by atoms with E-state index in [1.54, 1.807) is 0 Å². The number of alkyl halides is 5. The topological polar surface area (TPSA) is 33.1 Å². The Hall–Kier alpha value is -1.24. The van der Waals surface area contributed by atoms with Crippen molar-refractivity contribution in [1.82, 2.24) is 4.98 Å². The number of aliphatic hydroxyl groups is 1. The number of nitrogens with zero attached hydrogens (tertiary/aromatic N) is 1. The van der Waals surface area contributed by atoms with Crippen LogP contribution in [0.4, 0.5) is 22.0 Å². The van der Waals surface area contributed by atoms with Gasteiger partial charge in [-0.3, -0.25) is 4.98 Å². The summed E-state index contributed by atoms with van der Waals surface area (Å²) in [6, 6.07) is 2.10. The van der Waals surface area contributed by atoms with Crippen LogP contribution >= 0.6 is 0 Å². The zero-order chi connectivity index (χ0) is 11.7. The van der Waals surface area contributed by atoms with E-state index >= 15 is 0 Å². The Bertz CT molecular complexity index is 324. The fourth-order valence-corrected chi connectivity index (χ4v) is 0.902. The first-order valence-corrected chi connectivity index (χ1v) is 3.79. The van der Waals surface area contributed by atoms with E-state index in [9.17, 15) is 22.0 Å². The summed E-state index contributed by atoms with van der Waals surface area (Å²) in [6.45, 7) is 0. The van der Waals surface area contributed by atoms with Crippen LogP contribution in [0.15, 0.2) is 24.5 Å². The first kappa shape index (κ1) is 11.8. The first-order valence-electron chi connectivity index (χ1n) is 3.79. The summed E-state index contributed by atoms with van der Waals surface area (Å²) >= 11 is 0. The molecule has 1 rings (SSSR count). The lowest BCUT2D eigenvalue weighted by atomic mass is 10.1. The van der Waals surface area contributed by atoms with E-state index in [0.29, 0.717) is 0 Å². The van der Waals surface area contributed by atoms with Crippen molar-refractivity contribution >= 4 is 0 Å². The second-order valence-corrected chi connectivity index (χ2v) is 2.81. The minimum Gasteiger partial charge on any atom is -0.382 e. The van der Waals surface area contributed by atoms with Gasteiger partial charge in [0.2, 0.25) is 0 Å². The van der Waals surface area contributed by atoms with Gasteiger partial charge in [0.1, 0.15) is 0 Å². The maximum absolute atomic E-state index is 12.6. The van der Waals surface area contributed by atoms with Crippen molar-refractivity contribution in [3.8, 4) is 0 Å². The van der Waals surface area contributed by atoms with Crippen LogP contribution in [-0.2, 0) is 0 Å². The summed E-state index contributed by atoms with van der Waals surface area (Å²) in [5.41, 5.74) is -0.583. The first-order chi connectivity index (χ1) is 6.77. The minimum atomic E-state index is -5.79. The molecule has 0 spiro atoms. The maximum Gasteiger partial charge on any atom is 0.456 e. The van der Waals surface area contributed by atoms with Gasteiger partial charge in [0, 0.05) is 18.0 Å². The zero-order valence-electron chi connectivity index (χ0n) is 7.17. The number of pyridine rings is 1. The predicted octanol–water partition coefficient (Wildman–Crippen LogP) is 2.31. The van der Waals surface area contributed by atoms with E-state index in [4.69, 9.17) is 5.11 Å². The average molecular weight is 227 g/mol. The highest BCUT2D eigenvalue weighted by Gasteiger charge is 2.62. The van der Waals surface area contributed by atoms with Crippen LogP contribution in [0.5, 0.6) is 0 Å². The SMILES string of the molecule is O[C@H](c1cccnc1)C(F)(F)C(F)(F)F. The van der Waals surface area contributed by atoms with Gasteiger partial charge in [-0.05, 0) is 6.07 Å². The van der Waals surface area contributed by atoms with Crippen molar-refractivity contribution in [1.29, 1.82) is 0 Å². The second kappa shape index (κ2) is 3.73. The molecule has 0 aliphatic carbocycles. The highest BCUT2D eigenvalue weighted by atomic mass is 19.4. The maximum atomic E-state index is 12.6. The number of hydrogen-bond acceptors (Lipinski definition) is 2. The van der Waals surface area contributed by atoms with Crippen LogP contribution in [0.1, 0.15) is 11.7 Å². The molecule has 0 saturated carbocycles. The third-order valence-electron chi connectivity index (χ3n) is 1.72. The Morgan fingerprint density at radius 1 is 1.20 bits per heavy atom. The van der Waals surface area contributed by atoms with E-state index in [2.05, 4.69) is 4.98 Å². The van der Waals surface area contributed by atoms with Crippen LogP contribution in [0.3, 0.4) is 0 Å². The molecule has 1 aromatic heterocycles. The van der Waals surface area contributed by atoms with E-state index in [1.165, 1.54) is 6.20 Å². The molecule has 0 aromatic carbocycles. The lowest BCUT2D eigenvalue weighted by Crippen LogP contribution is -2.42. The Kier molecular flexibility index (Phi) is 2.94. The molecule has 1 heterocycles. The summed E-state index contributed by atoms with van der Waals surface area (Å²) in [5.74, 6) is -5.18. The highest BCUT2D eigenvalue weighted by Crippen LogP contribution is 2.44. The normalized spacial score (nSPS) is 15.1. The molecule has 0 saturated heterocycles. The van der Waals surface area contributed by atoms with Crippen LogP contribution in [0, 0.1) is 0 Å². The van der Waals surface area contributed by atoms with Gasteiger partial charge in [-0.25, -0.2) is 0 Å². The standard InChI is InChI=1S/C8H6F5NO/c9-7(10,8(11,12)13)6(15)5-2-1-3-14-4-5/h1-4,6,15H/t6-/m1/s1. The van der Waals surface area contributed by atoms with Gasteiger partial charge in [-0.15, -0.1) is 0 Å². The summed E-state index contributed by atoms with van der Waals surface area (Å²) < 4.78 is 60.7. The van der Waals surface area contributed by atoms with Gasteiger partial charge >= 0.3 is 12.1 Å². The Balaban J connectivity index is 3.00. The Morgan fingerprint density at radius 2 is 1.80 bits per heavy atom. The Labute approximate surface area is 81.4 Å². The van der Waals surface area contributed by atoms with E-state index in [0.717, 1.165) is 18.3 Å². The lowest BCUT2D eigenvalue weighted by Gasteiger charge is -2.24. The van der Waals surface area contributed by atoms with Crippen molar-refractivity contribution in [3.05, 3.63) is 30.1 Å². The summed E-state index contributed by atoms with van der Waals surface area (Å²) in [6.07, 6.45) is -6.78. The third kappa shape index (κ3) is 2.23. The van der Waals surface area contributed by atoms with Gasteiger partial charge in [0.25, 0.3) is 0 Å². The predicted molar refractivity (Wildman–Crippen MR) is 40.2 cm³/mol. The van der Waals surface area contributed by atoms with Gasteiger partial charge < -0.3 is 5.11 Å². The van der Waals surface area contributed by atoms with Crippen LogP contribution in [0.25, 0.3) is 0 Å². The average Bonchev–Trinajstić information content (AvgIpc) is 2.16. The van der Waals surface area contributed by atoms with Crippen molar-refractivity contribution in [3.63, 3.8) is 0 Å². The zero-order valence-corrected chi connectivity index (χ0v) is 7.17. The molecule has 84 valence electrons. The number of aliphatic hydroxyl groups excluding tert-OH is 1. The molecule has 0 aliphatic rings. The van der Waals surface area contributed by atoms with Gasteiger partial charge in [-0.1, -0.05) is 6.07 Å². The van der Waals surface area contributed by atoms with Crippen LogP contribution in [-0.4, -0.2) is 22.2 Å². The molecule has 7 heteroatoms. The fraction of sp³-hybridized carbons (Fsp3) is 0.375. The summed E-state index contributed by atoms with van der Waals surface area (Å²) in [4.78, 5) is 3.34. The van der Waals surface area contributed by atoms with Crippen molar-refractivity contribution < 1.29 is 27.1 Å². The fourth-order valence-electron chi connectivity index (χ4n) is 0.902. The molecule has 1 atom stereocenters. The van der Waals surface area contributed by atoms with Crippen molar-refractivity contribution in [2.45, 2.75) is 18.2 Å². The minimum absolute atomic E-state index is 0.583. The summed E-state index contributed by atoms with van der Waals surface area (Å²) in [7, 11) is 0. The molecule has 0 unspecified atom stereocenters. The number of rotatable bonds is 2. The molecule has 0 aliphatic heterocycles. The molecule has 0 radical (unpaired) electrons. The molecule has 0 amide bonds. The molecular formula is C8H6F5NO. The molecule has 1 aromatic rings. The lowest BCUT2D eigenvalue weighted by molar-refractivity contribution is -0.315. The monoisotopic (exact) mass is 227 g/mol. The van der Waals surface area contributed by atoms with Gasteiger partial charge in [0.05, 0.1) is 0 Å². The second-order valence-electron chi connectivity index (χ2n) is 2.81. The third-order valence-corrected chi connectivity index (χ3v) is 1.72. The number of aromatic nitrogens is 1. The van der Waals surface area contributed by atoms with E-state index < -0.39 is 23.8 Å². The van der Waals surface area contributed by atoms with E-state index in [-0.39, 0.29) is 0 Å². The largest absolute Gasteiger partial charge is 0.456 e. The van der Waals surface area contributed by atoms with Gasteiger partial charge in [0.15, 0.2) is 6.10 Å². The van der Waals surface area contributed by atoms with Crippen LogP contribution in [0.2, 0.25) is 0 Å². The quantitative estimate of drug-likeness (QED) is 0.786. The molecular weight excluding hydrogens is 221 g/mol. The van der Waals surface area contributed by atoms with Gasteiger partial charge in [-0.2, -0.15) is 22.0 Å². The molecule has 15 heavy (non-hydrogen) atoms. The molecule has 0 fully saturated rings. The van der Waals surface area contributed by atoms with Crippen molar-refractivity contribution in [2.24, 2.45) is 0 Å². The van der Waals surface area contributed by atoms with E-state index in [1.807, 2.05) is 0 Å². The number of halogens is 5. The van der Waals surface area contributed by atoms with Crippen molar-refractivity contribution in [2.75, 3.05) is 0 Å². The number of hydrogen-bond donors (Lipinski definition) is 1. The van der Waals surface area contributed by atoms with Crippen LogP contribution < -0.4 is 0 Å². The molecule has 0 bridgehead atoms. The summed E-state index contributed by atoms with van der Waals surface area (Å²) in [5, 5.41) is 8.87. The highest BCUT2D eigenvalue weighted by molar-refractivity contribution is 5.15. The molecule has 1 N–H and O–H groups in total.